The number of nitrogens with one attached hydrogen (secondary N) is 2. The Balaban J connectivity index is 1.10. The van der Waals surface area contributed by atoms with E-state index in [1.807, 2.05) is 80.6 Å². The van der Waals surface area contributed by atoms with Crippen molar-refractivity contribution < 1.29 is 37.2 Å². The summed E-state index contributed by atoms with van der Waals surface area (Å²) in [5, 5.41) is 22.6. The monoisotopic (exact) mass is 792 g/mol. The molecule has 0 saturated heterocycles. The number of nitrogens with zero attached hydrogens (tertiary/aromatic N) is 4. The number of carboxylic acid groups (broad SMARTS) is 1. The summed E-state index contributed by atoms with van der Waals surface area (Å²) in [5.41, 5.74) is 3.80. The van der Waals surface area contributed by atoms with Gasteiger partial charge in [-0.25, -0.2) is 9.97 Å². The molecule has 296 valence electrons. The number of aliphatic carboxylic acids is 1. The standard InChI is InChI=1S/C42H44N6O8S/c1-42(2,21-11-12-22-56-38-24-33(29-13-5-3-6-14-29)23-34(46-38)30-15-7-4-8-16-30)28-44-41(52)35(25-39(49)50)47-40(51)32-19-20-37(43-26-32)48-45-27-31-17-9-10-18-36(31)57(53,54)55/h3-10,13-20,23-24,26,35H,11-12,21-22,25,27-28H2,1-2H3,(H,44,52)(H,47,51)(H,49,50)(H,53,54,55). The van der Waals surface area contributed by atoms with Crippen LogP contribution in [0, 0.1) is 5.41 Å². The van der Waals surface area contributed by atoms with E-state index in [0.717, 1.165) is 41.6 Å². The highest BCUT2D eigenvalue weighted by Crippen LogP contribution is 2.29. The van der Waals surface area contributed by atoms with Gasteiger partial charge in [-0.3, -0.25) is 18.9 Å². The third-order valence-corrected chi connectivity index (χ3v) is 9.85. The topological polar surface area (TPSA) is 210 Å². The summed E-state index contributed by atoms with van der Waals surface area (Å²) in [4.78, 5) is 46.3. The van der Waals surface area contributed by atoms with Crippen molar-refractivity contribution in [1.29, 1.82) is 0 Å². The Morgan fingerprint density at radius 3 is 2.21 bits per heavy atom. The third-order valence-electron chi connectivity index (χ3n) is 8.89. The zero-order valence-electron chi connectivity index (χ0n) is 31.5. The second-order valence-electron chi connectivity index (χ2n) is 14.0. The molecule has 1 atom stereocenters. The van der Waals surface area contributed by atoms with Crippen LogP contribution in [0.25, 0.3) is 22.4 Å². The van der Waals surface area contributed by atoms with E-state index in [0.29, 0.717) is 12.5 Å². The second kappa shape index (κ2) is 19.5. The molecule has 0 aliphatic heterocycles. The molecular weight excluding hydrogens is 749 g/mol. The molecule has 2 aromatic heterocycles. The van der Waals surface area contributed by atoms with Gasteiger partial charge in [-0.05, 0) is 65.6 Å². The van der Waals surface area contributed by atoms with Crippen molar-refractivity contribution in [3.8, 4) is 28.3 Å². The molecule has 2 amide bonds. The maximum Gasteiger partial charge on any atom is 0.305 e. The Hall–Kier alpha value is -6.32. The van der Waals surface area contributed by atoms with Gasteiger partial charge in [0.2, 0.25) is 11.8 Å². The fourth-order valence-corrected chi connectivity index (χ4v) is 6.54. The van der Waals surface area contributed by atoms with E-state index in [-0.39, 0.29) is 40.3 Å². The summed E-state index contributed by atoms with van der Waals surface area (Å²) in [5.74, 6) is -1.98. The van der Waals surface area contributed by atoms with Gasteiger partial charge in [0.25, 0.3) is 16.0 Å². The van der Waals surface area contributed by atoms with Crippen molar-refractivity contribution in [3.63, 3.8) is 0 Å². The highest BCUT2D eigenvalue weighted by Gasteiger charge is 2.27. The van der Waals surface area contributed by atoms with Crippen molar-refractivity contribution in [1.82, 2.24) is 20.6 Å². The second-order valence-corrected chi connectivity index (χ2v) is 15.4. The van der Waals surface area contributed by atoms with Crippen LogP contribution in [0.2, 0.25) is 0 Å². The van der Waals surface area contributed by atoms with E-state index < -0.39 is 40.4 Å². The molecule has 0 radical (unpaired) electrons. The minimum absolute atomic E-state index is 0.0506. The van der Waals surface area contributed by atoms with Gasteiger partial charge < -0.3 is 20.5 Å². The number of hydrogen-bond acceptors (Lipinski definition) is 10. The number of benzene rings is 3. The Bertz CT molecular complexity index is 2230. The quantitative estimate of drug-likeness (QED) is 0.0372. The molecule has 5 aromatic rings. The molecule has 0 spiro atoms. The van der Waals surface area contributed by atoms with Gasteiger partial charge in [0.05, 0.1) is 35.7 Å². The number of carbonyl (C=O) groups is 3. The smallest absolute Gasteiger partial charge is 0.305 e. The van der Waals surface area contributed by atoms with Crippen molar-refractivity contribution in [2.24, 2.45) is 15.6 Å². The average molecular weight is 793 g/mol. The molecular formula is C42H44N6O8S. The summed E-state index contributed by atoms with van der Waals surface area (Å²) < 4.78 is 38.7. The van der Waals surface area contributed by atoms with E-state index >= 15 is 0 Å². The summed E-state index contributed by atoms with van der Waals surface area (Å²) >= 11 is 0. The first-order valence-corrected chi connectivity index (χ1v) is 19.7. The van der Waals surface area contributed by atoms with Crippen LogP contribution in [0.1, 0.15) is 55.5 Å². The largest absolute Gasteiger partial charge is 0.481 e. The molecule has 5 rings (SSSR count). The number of hydrogen-bond donors (Lipinski definition) is 4. The van der Waals surface area contributed by atoms with Gasteiger partial charge in [-0.2, -0.15) is 13.5 Å². The number of azo groups is 1. The van der Waals surface area contributed by atoms with Gasteiger partial charge in [0.15, 0.2) is 5.82 Å². The zero-order chi connectivity index (χ0) is 40.8. The highest BCUT2D eigenvalue weighted by molar-refractivity contribution is 7.85. The van der Waals surface area contributed by atoms with Crippen LogP contribution in [0.4, 0.5) is 5.82 Å². The van der Waals surface area contributed by atoms with Crippen LogP contribution in [0.15, 0.2) is 131 Å². The molecule has 4 N–H and O–H groups in total. The highest BCUT2D eigenvalue weighted by atomic mass is 32.2. The summed E-state index contributed by atoms with van der Waals surface area (Å²) in [6.07, 6.45) is 2.83. The molecule has 0 aliphatic carbocycles. The van der Waals surface area contributed by atoms with Crippen molar-refractivity contribution >= 4 is 33.7 Å². The van der Waals surface area contributed by atoms with E-state index in [9.17, 15) is 32.5 Å². The number of carbonyl (C=O) groups excluding carboxylic acids is 2. The minimum Gasteiger partial charge on any atom is -0.481 e. The molecule has 0 saturated carbocycles. The van der Waals surface area contributed by atoms with Gasteiger partial charge in [0.1, 0.15) is 6.04 Å². The molecule has 0 bridgehead atoms. The number of rotatable bonds is 19. The Morgan fingerprint density at radius 2 is 1.54 bits per heavy atom. The Labute approximate surface area is 331 Å². The number of aromatic nitrogens is 2. The fourth-order valence-electron chi connectivity index (χ4n) is 5.83. The summed E-state index contributed by atoms with van der Waals surface area (Å²) in [6.45, 7) is 4.52. The van der Waals surface area contributed by atoms with Crippen LogP contribution < -0.4 is 15.4 Å². The van der Waals surface area contributed by atoms with Crippen LogP contribution in [-0.2, 0) is 26.3 Å². The molecule has 15 heteroatoms. The molecule has 14 nitrogen and oxygen atoms in total. The van der Waals surface area contributed by atoms with Crippen molar-refractivity contribution in [2.75, 3.05) is 13.2 Å². The molecule has 0 fully saturated rings. The molecule has 1 unspecified atom stereocenters. The first kappa shape index (κ1) is 41.8. The van der Waals surface area contributed by atoms with Crippen molar-refractivity contribution in [2.45, 2.75) is 57.0 Å². The first-order valence-electron chi connectivity index (χ1n) is 18.2. The average Bonchev–Trinajstić information content (AvgIpc) is 3.20. The number of pyridine rings is 2. The van der Waals surface area contributed by atoms with Gasteiger partial charge in [-0.1, -0.05) is 92.7 Å². The molecule has 3 aromatic carbocycles. The lowest BCUT2D eigenvalue weighted by atomic mass is 9.87. The van der Waals surface area contributed by atoms with Gasteiger partial charge in [-0.15, -0.1) is 5.11 Å². The lowest BCUT2D eigenvalue weighted by Gasteiger charge is -2.26. The van der Waals surface area contributed by atoms with Crippen molar-refractivity contribution in [3.05, 3.63) is 127 Å². The predicted octanol–water partition coefficient (Wildman–Crippen LogP) is 7.31. The van der Waals surface area contributed by atoms with Crippen LogP contribution in [0.5, 0.6) is 5.88 Å². The minimum atomic E-state index is -4.44. The van der Waals surface area contributed by atoms with E-state index in [2.05, 4.69) is 31.9 Å². The predicted molar refractivity (Wildman–Crippen MR) is 213 cm³/mol. The van der Waals surface area contributed by atoms with Crippen LogP contribution >= 0.6 is 0 Å². The SMILES string of the molecule is CC(C)(CCCCOc1cc(-c2ccccc2)cc(-c2ccccc2)n1)CNC(=O)C(CC(=O)O)NC(=O)c1ccc(N=NCc2ccccc2S(=O)(=O)O)nc1. The molecule has 0 aliphatic rings. The third kappa shape index (κ3) is 12.9. The maximum absolute atomic E-state index is 13.1. The van der Waals surface area contributed by atoms with Crippen LogP contribution in [-0.4, -0.2) is 65.0 Å². The normalized spacial score (nSPS) is 12.2. The van der Waals surface area contributed by atoms with E-state index in [4.69, 9.17) is 9.72 Å². The summed E-state index contributed by atoms with van der Waals surface area (Å²) in [6, 6.07) is 31.2. The molecule has 2 heterocycles. The number of ether oxygens (including phenoxy) is 1. The number of amides is 2. The van der Waals surface area contributed by atoms with E-state index in [1.165, 1.54) is 36.5 Å². The lowest BCUT2D eigenvalue weighted by Crippen LogP contribution is -2.49. The maximum atomic E-state index is 13.1. The van der Waals surface area contributed by atoms with Gasteiger partial charge >= 0.3 is 5.97 Å². The summed E-state index contributed by atoms with van der Waals surface area (Å²) in [7, 11) is -4.44. The first-order chi connectivity index (χ1) is 27.3. The lowest BCUT2D eigenvalue weighted by molar-refractivity contribution is -0.139. The van der Waals surface area contributed by atoms with E-state index in [1.54, 1.807) is 6.07 Å². The van der Waals surface area contributed by atoms with Gasteiger partial charge in [0, 0.05) is 24.4 Å². The number of carboxylic acids is 1. The Kier molecular flexibility index (Phi) is 14.3. The molecule has 57 heavy (non-hydrogen) atoms. The fraction of sp³-hybridized carbons (Fsp3) is 0.262. The van der Waals surface area contributed by atoms with Crippen LogP contribution in [0.3, 0.4) is 0 Å². The Morgan fingerprint density at radius 1 is 0.860 bits per heavy atom. The zero-order valence-corrected chi connectivity index (χ0v) is 32.4. The number of unbranched alkanes of at least 4 members (excludes halogenated alkanes) is 1.